The standard InChI is InChI=1S/C25H24BrN3O4/c1-3-32-16-13-14-20(26)19(15-16)23-27-21-11-7-5-9-17(21)25(31)29(23)28-24(30)18-10-6-8-12-22(18)33-4-2/h5-15,23,27H,3-4H2,1-2H3,(H,28,30)/t23-/m0/s1. The molecule has 0 radical (unpaired) electrons. The molecule has 0 fully saturated rings. The van der Waals surface area contributed by atoms with Crippen molar-refractivity contribution in [3.8, 4) is 11.5 Å². The Hall–Kier alpha value is -3.52. The molecule has 0 aliphatic carbocycles. The quantitative estimate of drug-likeness (QED) is 0.459. The minimum atomic E-state index is -0.676. The zero-order chi connectivity index (χ0) is 23.4. The van der Waals surface area contributed by atoms with Crippen LogP contribution in [0.2, 0.25) is 0 Å². The number of fused-ring (bicyclic) bond motifs is 1. The molecule has 0 saturated carbocycles. The lowest BCUT2D eigenvalue weighted by molar-refractivity contribution is 0.0488. The van der Waals surface area contributed by atoms with Crippen LogP contribution in [0.4, 0.5) is 5.69 Å². The highest BCUT2D eigenvalue weighted by atomic mass is 79.9. The van der Waals surface area contributed by atoms with E-state index < -0.39 is 12.1 Å². The SMILES string of the molecule is CCOc1ccc(Br)c([C@H]2Nc3ccccc3C(=O)N2NC(=O)c2ccccc2OCC)c1. The van der Waals surface area contributed by atoms with Crippen molar-refractivity contribution >= 4 is 33.4 Å². The van der Waals surface area contributed by atoms with Gasteiger partial charge in [0.15, 0.2) is 0 Å². The number of nitrogens with zero attached hydrogens (tertiary/aromatic N) is 1. The van der Waals surface area contributed by atoms with Crippen molar-refractivity contribution in [1.29, 1.82) is 0 Å². The van der Waals surface area contributed by atoms with Gasteiger partial charge in [0.1, 0.15) is 17.7 Å². The Morgan fingerprint density at radius 2 is 1.76 bits per heavy atom. The smallest absolute Gasteiger partial charge is 0.276 e. The summed E-state index contributed by atoms with van der Waals surface area (Å²) in [6.07, 6.45) is -0.676. The fourth-order valence-electron chi connectivity index (χ4n) is 3.68. The first-order valence-electron chi connectivity index (χ1n) is 10.7. The van der Waals surface area contributed by atoms with Crippen LogP contribution in [0, 0.1) is 0 Å². The van der Waals surface area contributed by atoms with E-state index >= 15 is 0 Å². The minimum absolute atomic E-state index is 0.328. The maximum absolute atomic E-state index is 13.5. The van der Waals surface area contributed by atoms with Crippen molar-refractivity contribution in [2.24, 2.45) is 0 Å². The molecule has 1 aliphatic heterocycles. The molecular weight excluding hydrogens is 486 g/mol. The summed E-state index contributed by atoms with van der Waals surface area (Å²) in [5, 5.41) is 4.68. The average molecular weight is 510 g/mol. The number of nitrogens with one attached hydrogen (secondary N) is 2. The number of rotatable bonds is 7. The normalized spacial score (nSPS) is 14.8. The first kappa shape index (κ1) is 22.7. The number of hydrogen-bond donors (Lipinski definition) is 2. The van der Waals surface area contributed by atoms with E-state index in [1.165, 1.54) is 5.01 Å². The maximum atomic E-state index is 13.5. The summed E-state index contributed by atoms with van der Waals surface area (Å²) in [4.78, 5) is 26.7. The van der Waals surface area contributed by atoms with Gasteiger partial charge >= 0.3 is 0 Å². The Labute approximate surface area is 200 Å². The van der Waals surface area contributed by atoms with Crippen LogP contribution in [-0.2, 0) is 0 Å². The Kier molecular flexibility index (Phi) is 6.84. The molecule has 33 heavy (non-hydrogen) atoms. The third-order valence-corrected chi connectivity index (χ3v) is 5.88. The van der Waals surface area contributed by atoms with E-state index in [1.807, 2.05) is 44.2 Å². The molecule has 1 aliphatic rings. The fraction of sp³-hybridized carbons (Fsp3) is 0.200. The summed E-state index contributed by atoms with van der Waals surface area (Å²) < 4.78 is 12.0. The van der Waals surface area contributed by atoms with Crippen LogP contribution in [0.25, 0.3) is 0 Å². The number of carbonyl (C=O) groups is 2. The molecule has 0 unspecified atom stereocenters. The summed E-state index contributed by atoms with van der Waals surface area (Å²) in [5.41, 5.74) is 5.01. The van der Waals surface area contributed by atoms with Gasteiger partial charge in [-0.1, -0.05) is 40.2 Å². The van der Waals surface area contributed by atoms with Crippen molar-refractivity contribution in [2.45, 2.75) is 20.0 Å². The number of benzene rings is 3. The molecule has 0 bridgehead atoms. The zero-order valence-electron chi connectivity index (χ0n) is 18.3. The van der Waals surface area contributed by atoms with E-state index in [9.17, 15) is 9.59 Å². The van der Waals surface area contributed by atoms with Gasteiger partial charge in [-0.2, -0.15) is 0 Å². The number of ether oxygens (including phenoxy) is 2. The van der Waals surface area contributed by atoms with E-state index in [2.05, 4.69) is 26.7 Å². The molecule has 2 amide bonds. The van der Waals surface area contributed by atoms with Crippen molar-refractivity contribution in [1.82, 2.24) is 10.4 Å². The van der Waals surface area contributed by atoms with Crippen molar-refractivity contribution in [3.63, 3.8) is 0 Å². The molecule has 0 aromatic heterocycles. The van der Waals surface area contributed by atoms with Crippen LogP contribution >= 0.6 is 15.9 Å². The van der Waals surface area contributed by atoms with Crippen molar-refractivity contribution < 1.29 is 19.1 Å². The molecule has 0 saturated heterocycles. The molecular formula is C25H24BrN3O4. The van der Waals surface area contributed by atoms with Crippen molar-refractivity contribution in [2.75, 3.05) is 18.5 Å². The van der Waals surface area contributed by atoms with Gasteiger partial charge in [0.2, 0.25) is 0 Å². The van der Waals surface area contributed by atoms with Crippen molar-refractivity contribution in [3.05, 3.63) is 87.9 Å². The van der Waals surface area contributed by atoms with Crippen LogP contribution in [-0.4, -0.2) is 30.0 Å². The molecule has 3 aromatic rings. The third-order valence-electron chi connectivity index (χ3n) is 5.15. The summed E-state index contributed by atoms with van der Waals surface area (Å²) in [6.45, 7) is 4.68. The van der Waals surface area contributed by atoms with Crippen LogP contribution < -0.4 is 20.2 Å². The van der Waals surface area contributed by atoms with Crippen LogP contribution in [0.15, 0.2) is 71.2 Å². The Morgan fingerprint density at radius 1 is 1.03 bits per heavy atom. The topological polar surface area (TPSA) is 79.9 Å². The molecule has 1 atom stereocenters. The lowest BCUT2D eigenvalue weighted by atomic mass is 10.0. The van der Waals surface area contributed by atoms with Gasteiger partial charge in [-0.15, -0.1) is 0 Å². The van der Waals surface area contributed by atoms with Gasteiger partial charge in [0.25, 0.3) is 11.8 Å². The summed E-state index contributed by atoms with van der Waals surface area (Å²) >= 11 is 3.58. The second kappa shape index (κ2) is 9.95. The number of carbonyl (C=O) groups excluding carboxylic acids is 2. The predicted molar refractivity (Wildman–Crippen MR) is 129 cm³/mol. The molecule has 2 N–H and O–H groups in total. The van der Waals surface area contributed by atoms with Gasteiger partial charge in [0, 0.05) is 15.7 Å². The largest absolute Gasteiger partial charge is 0.494 e. The highest BCUT2D eigenvalue weighted by Gasteiger charge is 2.36. The number of para-hydroxylation sites is 2. The fourth-order valence-corrected chi connectivity index (χ4v) is 4.14. The number of anilines is 1. The van der Waals surface area contributed by atoms with E-state index in [0.717, 1.165) is 10.0 Å². The average Bonchev–Trinajstić information content (AvgIpc) is 2.83. The first-order valence-corrected chi connectivity index (χ1v) is 11.5. The molecule has 0 spiro atoms. The van der Waals surface area contributed by atoms with Gasteiger partial charge < -0.3 is 14.8 Å². The monoisotopic (exact) mass is 509 g/mol. The lowest BCUT2D eigenvalue weighted by Crippen LogP contribution is -2.53. The van der Waals surface area contributed by atoms with Gasteiger partial charge in [-0.3, -0.25) is 15.0 Å². The number of amides is 2. The molecule has 7 nitrogen and oxygen atoms in total. The third kappa shape index (κ3) is 4.66. The Morgan fingerprint density at radius 3 is 2.55 bits per heavy atom. The molecule has 3 aromatic carbocycles. The van der Waals surface area contributed by atoms with Gasteiger partial charge in [-0.05, 0) is 56.3 Å². The zero-order valence-corrected chi connectivity index (χ0v) is 19.9. The van der Waals surface area contributed by atoms with E-state index in [0.29, 0.717) is 41.5 Å². The summed E-state index contributed by atoms with van der Waals surface area (Å²) in [7, 11) is 0. The number of halogens is 1. The summed E-state index contributed by atoms with van der Waals surface area (Å²) in [6, 6.07) is 19.7. The maximum Gasteiger partial charge on any atom is 0.276 e. The molecule has 4 rings (SSSR count). The highest BCUT2D eigenvalue weighted by Crippen LogP contribution is 2.36. The number of hydrogen-bond acceptors (Lipinski definition) is 5. The first-order chi connectivity index (χ1) is 16.0. The van der Waals surface area contributed by atoms with E-state index in [1.54, 1.807) is 36.4 Å². The number of hydrazine groups is 1. The Bertz CT molecular complexity index is 1180. The van der Waals surface area contributed by atoms with E-state index in [-0.39, 0.29) is 5.91 Å². The summed E-state index contributed by atoms with van der Waals surface area (Å²) in [5.74, 6) is 0.337. The highest BCUT2D eigenvalue weighted by molar-refractivity contribution is 9.10. The van der Waals surface area contributed by atoms with Gasteiger partial charge in [-0.25, -0.2) is 5.01 Å². The second-order valence-corrected chi connectivity index (χ2v) is 8.11. The molecule has 8 heteroatoms. The van der Waals surface area contributed by atoms with Crippen LogP contribution in [0.1, 0.15) is 46.3 Å². The molecule has 1 heterocycles. The molecule has 170 valence electrons. The second-order valence-electron chi connectivity index (χ2n) is 7.25. The van der Waals surface area contributed by atoms with Gasteiger partial charge in [0.05, 0.1) is 24.3 Å². The minimum Gasteiger partial charge on any atom is -0.494 e. The predicted octanol–water partition coefficient (Wildman–Crippen LogP) is 5.16. The van der Waals surface area contributed by atoms with E-state index in [4.69, 9.17) is 9.47 Å². The lowest BCUT2D eigenvalue weighted by Gasteiger charge is -2.38. The van der Waals surface area contributed by atoms with Crippen LogP contribution in [0.5, 0.6) is 11.5 Å². The Balaban J connectivity index is 1.75. The van der Waals surface area contributed by atoms with Crippen LogP contribution in [0.3, 0.4) is 0 Å².